The van der Waals surface area contributed by atoms with Gasteiger partial charge in [-0.2, -0.15) is 4.98 Å². The SMILES string of the molecule is COc1cnc(C(CC(C)CC(C)(C)C)NN)c(OC)n1. The molecule has 6 nitrogen and oxygen atoms in total. The van der Waals surface area contributed by atoms with Crippen molar-refractivity contribution < 1.29 is 9.47 Å². The lowest BCUT2D eigenvalue weighted by molar-refractivity contribution is 0.270. The van der Waals surface area contributed by atoms with Gasteiger partial charge < -0.3 is 9.47 Å². The summed E-state index contributed by atoms with van der Waals surface area (Å²) in [5, 5.41) is 0. The molecular formula is C15H28N4O2. The molecule has 0 saturated heterocycles. The van der Waals surface area contributed by atoms with E-state index in [1.54, 1.807) is 20.4 Å². The normalized spacial score (nSPS) is 14.6. The summed E-state index contributed by atoms with van der Waals surface area (Å²) in [6.45, 7) is 8.94. The molecule has 6 heteroatoms. The zero-order valence-corrected chi connectivity index (χ0v) is 13.9. The van der Waals surface area contributed by atoms with Gasteiger partial charge in [-0.3, -0.25) is 11.3 Å². The summed E-state index contributed by atoms with van der Waals surface area (Å²) < 4.78 is 10.4. The van der Waals surface area contributed by atoms with Crippen LogP contribution in [0, 0.1) is 11.3 Å². The van der Waals surface area contributed by atoms with Crippen LogP contribution in [0.4, 0.5) is 0 Å². The van der Waals surface area contributed by atoms with Crippen LogP contribution in [0.25, 0.3) is 0 Å². The average Bonchev–Trinajstić information content (AvgIpc) is 2.42. The summed E-state index contributed by atoms with van der Waals surface area (Å²) in [4.78, 5) is 8.64. The number of nitrogens with two attached hydrogens (primary N) is 1. The minimum atomic E-state index is -0.101. The highest BCUT2D eigenvalue weighted by atomic mass is 16.5. The predicted octanol–water partition coefficient (Wildman–Crippen LogP) is 2.46. The van der Waals surface area contributed by atoms with E-state index in [0.29, 0.717) is 23.4 Å². The molecule has 0 fully saturated rings. The van der Waals surface area contributed by atoms with Gasteiger partial charge in [0.15, 0.2) is 0 Å². The van der Waals surface area contributed by atoms with Gasteiger partial charge in [0.05, 0.1) is 26.5 Å². The molecule has 2 atom stereocenters. The van der Waals surface area contributed by atoms with E-state index in [1.165, 1.54) is 0 Å². The van der Waals surface area contributed by atoms with E-state index < -0.39 is 0 Å². The third kappa shape index (κ3) is 5.47. The minimum Gasteiger partial charge on any atom is -0.480 e. The summed E-state index contributed by atoms with van der Waals surface area (Å²) in [7, 11) is 3.12. The summed E-state index contributed by atoms with van der Waals surface area (Å²) >= 11 is 0. The summed E-state index contributed by atoms with van der Waals surface area (Å²) in [6, 6.07) is -0.101. The Morgan fingerprint density at radius 3 is 2.43 bits per heavy atom. The van der Waals surface area contributed by atoms with Crippen LogP contribution in [0.1, 0.15) is 52.3 Å². The summed E-state index contributed by atoms with van der Waals surface area (Å²) in [5.74, 6) is 7.08. The van der Waals surface area contributed by atoms with E-state index >= 15 is 0 Å². The van der Waals surface area contributed by atoms with Gasteiger partial charge in [0, 0.05) is 0 Å². The summed E-state index contributed by atoms with van der Waals surface area (Å²) in [6.07, 6.45) is 3.55. The second-order valence-corrected chi connectivity index (χ2v) is 6.63. The Morgan fingerprint density at radius 2 is 1.95 bits per heavy atom. The first-order valence-corrected chi connectivity index (χ1v) is 7.21. The van der Waals surface area contributed by atoms with Crippen LogP contribution in [0.15, 0.2) is 6.20 Å². The molecule has 120 valence electrons. The molecule has 1 rings (SSSR count). The fourth-order valence-corrected chi connectivity index (χ4v) is 2.64. The van der Waals surface area contributed by atoms with E-state index in [0.717, 1.165) is 12.8 Å². The molecule has 0 aromatic carbocycles. The molecule has 0 aliphatic heterocycles. The monoisotopic (exact) mass is 296 g/mol. The van der Waals surface area contributed by atoms with Crippen LogP contribution in [0.2, 0.25) is 0 Å². The Bertz CT molecular complexity index is 446. The van der Waals surface area contributed by atoms with Gasteiger partial charge in [0.1, 0.15) is 5.69 Å². The number of nitrogens with one attached hydrogen (secondary N) is 1. The largest absolute Gasteiger partial charge is 0.480 e. The van der Waals surface area contributed by atoms with Gasteiger partial charge in [0.25, 0.3) is 0 Å². The number of rotatable bonds is 7. The highest BCUT2D eigenvalue weighted by Gasteiger charge is 2.23. The number of methoxy groups -OCH3 is 2. The van der Waals surface area contributed by atoms with Crippen LogP contribution >= 0.6 is 0 Å². The maximum absolute atomic E-state index is 5.71. The third-order valence-corrected chi connectivity index (χ3v) is 3.28. The van der Waals surface area contributed by atoms with Crippen LogP contribution in [-0.2, 0) is 0 Å². The summed E-state index contributed by atoms with van der Waals surface area (Å²) in [5.41, 5.74) is 3.82. The van der Waals surface area contributed by atoms with E-state index in [-0.39, 0.29) is 11.5 Å². The fraction of sp³-hybridized carbons (Fsp3) is 0.733. The van der Waals surface area contributed by atoms with E-state index in [4.69, 9.17) is 15.3 Å². The number of hydrogen-bond donors (Lipinski definition) is 2. The maximum atomic E-state index is 5.71. The number of aromatic nitrogens is 2. The highest BCUT2D eigenvalue weighted by Crippen LogP contribution is 2.32. The number of hydrogen-bond acceptors (Lipinski definition) is 6. The van der Waals surface area contributed by atoms with Gasteiger partial charge in [0.2, 0.25) is 11.8 Å². The van der Waals surface area contributed by atoms with E-state index in [2.05, 4.69) is 43.1 Å². The molecule has 2 unspecified atom stereocenters. The molecule has 1 heterocycles. The van der Waals surface area contributed by atoms with Gasteiger partial charge in [-0.15, -0.1) is 0 Å². The Morgan fingerprint density at radius 1 is 1.29 bits per heavy atom. The first kappa shape index (κ1) is 17.7. The molecule has 1 aromatic rings. The van der Waals surface area contributed by atoms with Crippen LogP contribution < -0.4 is 20.7 Å². The fourth-order valence-electron chi connectivity index (χ4n) is 2.64. The molecule has 3 N–H and O–H groups in total. The van der Waals surface area contributed by atoms with Crippen LogP contribution in [0.5, 0.6) is 11.8 Å². The van der Waals surface area contributed by atoms with Crippen molar-refractivity contribution in [2.45, 2.75) is 46.6 Å². The lowest BCUT2D eigenvalue weighted by Gasteiger charge is -2.26. The Hall–Kier alpha value is -1.40. The standard InChI is InChI=1S/C15H28N4O2/c1-10(8-15(2,3)4)7-11(19-16)13-14(21-6)18-12(20-5)9-17-13/h9-11,19H,7-8,16H2,1-6H3. The van der Waals surface area contributed by atoms with Crippen molar-refractivity contribution in [1.29, 1.82) is 0 Å². The van der Waals surface area contributed by atoms with Crippen LogP contribution in [-0.4, -0.2) is 24.2 Å². The average molecular weight is 296 g/mol. The van der Waals surface area contributed by atoms with Crippen molar-refractivity contribution in [2.75, 3.05) is 14.2 Å². The van der Waals surface area contributed by atoms with Crippen LogP contribution in [0.3, 0.4) is 0 Å². The molecular weight excluding hydrogens is 268 g/mol. The zero-order valence-electron chi connectivity index (χ0n) is 13.9. The van der Waals surface area contributed by atoms with E-state index in [9.17, 15) is 0 Å². The number of ether oxygens (including phenoxy) is 2. The second-order valence-electron chi connectivity index (χ2n) is 6.63. The Kier molecular flexibility index (Phi) is 6.36. The highest BCUT2D eigenvalue weighted by molar-refractivity contribution is 5.25. The zero-order chi connectivity index (χ0) is 16.0. The Labute approximate surface area is 127 Å². The molecule has 0 amide bonds. The van der Waals surface area contributed by atoms with Crippen molar-refractivity contribution in [3.05, 3.63) is 11.9 Å². The topological polar surface area (TPSA) is 82.3 Å². The smallest absolute Gasteiger partial charge is 0.240 e. The Balaban J connectivity index is 2.89. The molecule has 21 heavy (non-hydrogen) atoms. The molecule has 0 bridgehead atoms. The molecule has 0 saturated carbocycles. The molecule has 0 spiro atoms. The van der Waals surface area contributed by atoms with E-state index in [1.807, 2.05) is 0 Å². The van der Waals surface area contributed by atoms with Gasteiger partial charge >= 0.3 is 0 Å². The third-order valence-electron chi connectivity index (χ3n) is 3.28. The van der Waals surface area contributed by atoms with Crippen molar-refractivity contribution in [3.8, 4) is 11.8 Å². The number of nitrogens with zero attached hydrogens (tertiary/aromatic N) is 2. The molecule has 1 aromatic heterocycles. The number of hydrazine groups is 1. The van der Waals surface area contributed by atoms with Gasteiger partial charge in [-0.25, -0.2) is 4.98 Å². The van der Waals surface area contributed by atoms with Crippen molar-refractivity contribution in [2.24, 2.45) is 17.2 Å². The lowest BCUT2D eigenvalue weighted by atomic mass is 9.82. The second kappa shape index (κ2) is 7.56. The molecule has 0 aliphatic rings. The van der Waals surface area contributed by atoms with Crippen molar-refractivity contribution >= 4 is 0 Å². The molecule has 0 radical (unpaired) electrons. The van der Waals surface area contributed by atoms with Crippen molar-refractivity contribution in [1.82, 2.24) is 15.4 Å². The maximum Gasteiger partial charge on any atom is 0.240 e. The minimum absolute atomic E-state index is 0.101. The predicted molar refractivity (Wildman–Crippen MR) is 83.1 cm³/mol. The van der Waals surface area contributed by atoms with Gasteiger partial charge in [-0.1, -0.05) is 27.7 Å². The quantitative estimate of drug-likeness (QED) is 0.594. The first-order valence-electron chi connectivity index (χ1n) is 7.21. The molecule has 0 aliphatic carbocycles. The van der Waals surface area contributed by atoms with Crippen molar-refractivity contribution in [3.63, 3.8) is 0 Å². The first-order chi connectivity index (χ1) is 9.80. The lowest BCUT2D eigenvalue weighted by Crippen LogP contribution is -2.31. The van der Waals surface area contributed by atoms with Gasteiger partial charge in [-0.05, 0) is 24.2 Å².